The van der Waals surface area contributed by atoms with Gasteiger partial charge in [-0.15, -0.1) is 0 Å². The van der Waals surface area contributed by atoms with E-state index >= 15 is 0 Å². The molecule has 5 heteroatoms. The van der Waals surface area contributed by atoms with E-state index in [0.717, 1.165) is 15.2 Å². The van der Waals surface area contributed by atoms with E-state index in [1.807, 2.05) is 19.9 Å². The van der Waals surface area contributed by atoms with Crippen molar-refractivity contribution in [3.63, 3.8) is 0 Å². The van der Waals surface area contributed by atoms with Crippen LogP contribution in [0.5, 0.6) is 0 Å². The van der Waals surface area contributed by atoms with Crippen LogP contribution in [0.25, 0.3) is 0 Å². The van der Waals surface area contributed by atoms with Crippen LogP contribution >= 0.6 is 27.7 Å². The van der Waals surface area contributed by atoms with Crippen LogP contribution < -0.4 is 5.32 Å². The minimum absolute atomic E-state index is 0.0231. The number of nitrogens with zero attached hydrogens (tertiary/aromatic N) is 1. The molecule has 0 aliphatic carbocycles. The predicted octanol–water partition coefficient (Wildman–Crippen LogP) is 2.67. The second-order valence-electron chi connectivity index (χ2n) is 3.57. The first kappa shape index (κ1) is 9.98. The molecule has 0 atom stereocenters. The lowest BCUT2D eigenvalue weighted by atomic mass is 10.2. The maximum Gasteiger partial charge on any atom is 0.240 e. The summed E-state index contributed by atoms with van der Waals surface area (Å²) in [6.45, 7) is 3.78. The minimum atomic E-state index is -0.437. The van der Waals surface area contributed by atoms with Gasteiger partial charge in [0.1, 0.15) is 5.03 Å². The fourth-order valence-electron chi connectivity index (χ4n) is 1.16. The number of hydrogen-bond acceptors (Lipinski definition) is 3. The first-order valence-corrected chi connectivity index (χ1v) is 5.76. The van der Waals surface area contributed by atoms with Gasteiger partial charge in [-0.2, -0.15) is 0 Å². The van der Waals surface area contributed by atoms with Crippen molar-refractivity contribution < 1.29 is 4.79 Å². The van der Waals surface area contributed by atoms with E-state index in [1.54, 1.807) is 6.20 Å². The molecule has 1 aliphatic heterocycles. The standard InChI is InChI=1S/C9H9BrN2OS/c1-9(2)8(13)12-6-3-5(10)4-11-7(6)14-9/h3-4H,1-2H3,(H,12,13). The number of nitrogens with one attached hydrogen (secondary N) is 1. The molecule has 1 aromatic rings. The van der Waals surface area contributed by atoms with Gasteiger partial charge in [0.15, 0.2) is 0 Å². The first-order chi connectivity index (χ1) is 6.49. The highest BCUT2D eigenvalue weighted by Gasteiger charge is 2.35. The summed E-state index contributed by atoms with van der Waals surface area (Å²) in [6.07, 6.45) is 1.74. The average molecular weight is 273 g/mol. The van der Waals surface area contributed by atoms with Crippen LogP contribution in [0.4, 0.5) is 5.69 Å². The van der Waals surface area contributed by atoms with Gasteiger partial charge in [0.25, 0.3) is 0 Å². The minimum Gasteiger partial charge on any atom is -0.323 e. The Balaban J connectivity index is 2.46. The van der Waals surface area contributed by atoms with Crippen molar-refractivity contribution in [1.29, 1.82) is 0 Å². The van der Waals surface area contributed by atoms with Gasteiger partial charge in [0.2, 0.25) is 5.91 Å². The summed E-state index contributed by atoms with van der Waals surface area (Å²) in [4.78, 5) is 15.9. The Bertz CT molecular complexity index is 406. The highest BCUT2D eigenvalue weighted by molar-refractivity contribution is 9.10. The fraction of sp³-hybridized carbons (Fsp3) is 0.333. The molecule has 1 amide bonds. The molecule has 0 saturated carbocycles. The molecule has 0 saturated heterocycles. The van der Waals surface area contributed by atoms with Crippen molar-refractivity contribution in [3.8, 4) is 0 Å². The fourth-order valence-corrected chi connectivity index (χ4v) is 2.44. The lowest BCUT2D eigenvalue weighted by Gasteiger charge is -2.28. The number of thioether (sulfide) groups is 1. The third-order valence-corrected chi connectivity index (χ3v) is 3.61. The number of aromatic nitrogens is 1. The van der Waals surface area contributed by atoms with E-state index in [2.05, 4.69) is 26.2 Å². The maximum atomic E-state index is 11.6. The summed E-state index contributed by atoms with van der Waals surface area (Å²) >= 11 is 4.80. The Morgan fingerprint density at radius 2 is 2.29 bits per heavy atom. The molecule has 2 rings (SSSR count). The molecule has 1 N–H and O–H groups in total. The Morgan fingerprint density at radius 3 is 3.00 bits per heavy atom. The maximum absolute atomic E-state index is 11.6. The van der Waals surface area contributed by atoms with E-state index in [-0.39, 0.29) is 5.91 Å². The number of halogens is 1. The summed E-state index contributed by atoms with van der Waals surface area (Å²) in [6, 6.07) is 1.86. The van der Waals surface area contributed by atoms with Crippen LogP contribution in [0.15, 0.2) is 21.8 Å². The van der Waals surface area contributed by atoms with E-state index in [9.17, 15) is 4.79 Å². The molecule has 0 aromatic carbocycles. The van der Waals surface area contributed by atoms with Gasteiger partial charge in [-0.25, -0.2) is 4.98 Å². The highest BCUT2D eigenvalue weighted by atomic mass is 79.9. The molecule has 0 fully saturated rings. The zero-order valence-corrected chi connectivity index (χ0v) is 10.2. The van der Waals surface area contributed by atoms with Gasteiger partial charge in [-0.05, 0) is 35.8 Å². The topological polar surface area (TPSA) is 42.0 Å². The van der Waals surface area contributed by atoms with Gasteiger partial charge < -0.3 is 5.32 Å². The third kappa shape index (κ3) is 1.66. The molecule has 1 aliphatic rings. The Hall–Kier alpha value is -0.550. The number of carbonyl (C=O) groups excluding carboxylic acids is 1. The molecular weight excluding hydrogens is 264 g/mol. The van der Waals surface area contributed by atoms with Gasteiger partial charge in [-0.1, -0.05) is 11.8 Å². The van der Waals surface area contributed by atoms with Crippen LogP contribution in [0.1, 0.15) is 13.8 Å². The van der Waals surface area contributed by atoms with E-state index < -0.39 is 4.75 Å². The molecule has 0 bridgehead atoms. The van der Waals surface area contributed by atoms with Gasteiger partial charge >= 0.3 is 0 Å². The molecule has 0 radical (unpaired) electrons. The summed E-state index contributed by atoms with van der Waals surface area (Å²) in [5.74, 6) is 0.0231. The normalized spacial score (nSPS) is 18.6. The number of anilines is 1. The molecule has 0 spiro atoms. The van der Waals surface area contributed by atoms with E-state index in [1.165, 1.54) is 11.8 Å². The lowest BCUT2D eigenvalue weighted by molar-refractivity contribution is -0.117. The Kier molecular flexibility index (Phi) is 2.31. The van der Waals surface area contributed by atoms with Crippen molar-refractivity contribution in [2.75, 3.05) is 5.32 Å². The summed E-state index contributed by atoms with van der Waals surface area (Å²) in [5, 5.41) is 3.71. The second kappa shape index (κ2) is 3.24. The monoisotopic (exact) mass is 272 g/mol. The van der Waals surface area contributed by atoms with Crippen LogP contribution in [0.3, 0.4) is 0 Å². The molecule has 3 nitrogen and oxygen atoms in total. The Morgan fingerprint density at radius 1 is 1.57 bits per heavy atom. The predicted molar refractivity (Wildman–Crippen MR) is 60.5 cm³/mol. The van der Waals surface area contributed by atoms with Crippen molar-refractivity contribution in [3.05, 3.63) is 16.7 Å². The molecule has 0 unspecified atom stereocenters. The SMILES string of the molecule is CC1(C)Sc2ncc(Br)cc2NC1=O. The van der Waals surface area contributed by atoms with Crippen molar-refractivity contribution in [1.82, 2.24) is 4.98 Å². The van der Waals surface area contributed by atoms with Crippen molar-refractivity contribution >= 4 is 39.3 Å². The molecule has 14 heavy (non-hydrogen) atoms. The summed E-state index contributed by atoms with van der Waals surface area (Å²) in [7, 11) is 0. The average Bonchev–Trinajstić information content (AvgIpc) is 2.08. The smallest absolute Gasteiger partial charge is 0.240 e. The zero-order chi connectivity index (χ0) is 10.3. The number of amides is 1. The van der Waals surface area contributed by atoms with Crippen molar-refractivity contribution in [2.45, 2.75) is 23.6 Å². The number of pyridine rings is 1. The molecule has 2 heterocycles. The van der Waals surface area contributed by atoms with Gasteiger partial charge in [0, 0.05) is 10.7 Å². The summed E-state index contributed by atoms with van der Waals surface area (Å²) in [5.41, 5.74) is 0.786. The second-order valence-corrected chi connectivity index (χ2v) is 6.10. The quantitative estimate of drug-likeness (QED) is 0.790. The van der Waals surface area contributed by atoms with Crippen LogP contribution in [-0.2, 0) is 4.79 Å². The summed E-state index contributed by atoms with van der Waals surface area (Å²) < 4.78 is 0.435. The third-order valence-electron chi connectivity index (χ3n) is 1.96. The van der Waals surface area contributed by atoms with Gasteiger partial charge in [0.05, 0.1) is 10.4 Å². The number of hydrogen-bond donors (Lipinski definition) is 1. The Labute approximate surface area is 94.8 Å². The molecular formula is C9H9BrN2OS. The van der Waals surface area contributed by atoms with E-state index in [0.29, 0.717) is 0 Å². The first-order valence-electron chi connectivity index (χ1n) is 4.15. The number of fused-ring (bicyclic) bond motifs is 1. The van der Waals surface area contributed by atoms with Gasteiger partial charge in [-0.3, -0.25) is 4.79 Å². The largest absolute Gasteiger partial charge is 0.323 e. The lowest BCUT2D eigenvalue weighted by Crippen LogP contribution is -2.37. The highest BCUT2D eigenvalue weighted by Crippen LogP contribution is 2.41. The van der Waals surface area contributed by atoms with Crippen LogP contribution in [0, 0.1) is 0 Å². The van der Waals surface area contributed by atoms with Crippen molar-refractivity contribution in [2.24, 2.45) is 0 Å². The number of rotatable bonds is 0. The van der Waals surface area contributed by atoms with Crippen LogP contribution in [0.2, 0.25) is 0 Å². The number of carbonyl (C=O) groups is 1. The van der Waals surface area contributed by atoms with E-state index in [4.69, 9.17) is 0 Å². The van der Waals surface area contributed by atoms with Crippen LogP contribution in [-0.4, -0.2) is 15.6 Å². The molecule has 1 aromatic heterocycles. The zero-order valence-electron chi connectivity index (χ0n) is 7.80. The molecule has 74 valence electrons.